The van der Waals surface area contributed by atoms with Gasteiger partial charge in [-0.2, -0.15) is 0 Å². The van der Waals surface area contributed by atoms with Crippen LogP contribution >= 0.6 is 11.6 Å². The Morgan fingerprint density at radius 1 is 1.30 bits per heavy atom. The Morgan fingerprint density at radius 3 is 2.65 bits per heavy atom. The van der Waals surface area contributed by atoms with Crippen LogP contribution in [-0.4, -0.2) is 20.4 Å². The van der Waals surface area contributed by atoms with Crippen LogP contribution in [-0.2, 0) is 0 Å². The van der Waals surface area contributed by atoms with Crippen LogP contribution in [0, 0.1) is 13.8 Å². The molecule has 0 atom stereocenters. The van der Waals surface area contributed by atoms with E-state index in [0.717, 1.165) is 11.1 Å². The molecule has 2 aromatic heterocycles. The number of aromatic hydroxyl groups is 1. The predicted octanol–water partition coefficient (Wildman–Crippen LogP) is 2.66. The van der Waals surface area contributed by atoms with Gasteiger partial charge in [0.15, 0.2) is 5.65 Å². The number of anilines is 1. The SMILES string of the molecule is Cc1ccc(O)c(C)c1-c1cn2cc(Cl)nc2c(C(N)=O)c1N. The van der Waals surface area contributed by atoms with E-state index in [-0.39, 0.29) is 22.2 Å². The number of primary amides is 1. The number of phenols is 1. The Labute approximate surface area is 137 Å². The zero-order valence-electron chi connectivity index (χ0n) is 12.6. The van der Waals surface area contributed by atoms with Gasteiger partial charge < -0.3 is 21.0 Å². The van der Waals surface area contributed by atoms with Crippen LogP contribution in [0.5, 0.6) is 5.75 Å². The van der Waals surface area contributed by atoms with Crippen molar-refractivity contribution in [2.45, 2.75) is 13.8 Å². The van der Waals surface area contributed by atoms with Crippen LogP contribution in [0.2, 0.25) is 5.15 Å². The molecule has 2 heterocycles. The summed E-state index contributed by atoms with van der Waals surface area (Å²) in [4.78, 5) is 16.0. The topological polar surface area (TPSA) is 107 Å². The molecule has 118 valence electrons. The van der Waals surface area contributed by atoms with Gasteiger partial charge in [0.25, 0.3) is 5.91 Å². The molecule has 0 spiro atoms. The van der Waals surface area contributed by atoms with Crippen molar-refractivity contribution in [2.24, 2.45) is 5.73 Å². The molecule has 1 aromatic carbocycles. The molecule has 0 bridgehead atoms. The van der Waals surface area contributed by atoms with Crippen molar-refractivity contribution >= 4 is 28.8 Å². The lowest BCUT2D eigenvalue weighted by molar-refractivity contribution is 0.100. The molecule has 6 nitrogen and oxygen atoms in total. The third kappa shape index (κ3) is 2.27. The van der Waals surface area contributed by atoms with Gasteiger partial charge in [-0.25, -0.2) is 4.98 Å². The minimum absolute atomic E-state index is 0.108. The summed E-state index contributed by atoms with van der Waals surface area (Å²) in [6.45, 7) is 3.68. The summed E-state index contributed by atoms with van der Waals surface area (Å²) in [7, 11) is 0. The van der Waals surface area contributed by atoms with E-state index in [1.807, 2.05) is 6.92 Å². The van der Waals surface area contributed by atoms with Crippen LogP contribution in [0.15, 0.2) is 24.5 Å². The second-order valence-corrected chi connectivity index (χ2v) is 5.78. The normalized spacial score (nSPS) is 11.1. The zero-order valence-corrected chi connectivity index (χ0v) is 13.3. The predicted molar refractivity (Wildman–Crippen MR) is 89.7 cm³/mol. The number of hydrogen-bond acceptors (Lipinski definition) is 4. The van der Waals surface area contributed by atoms with E-state index < -0.39 is 5.91 Å². The van der Waals surface area contributed by atoms with Gasteiger partial charge in [0.1, 0.15) is 16.5 Å². The number of nitrogens with two attached hydrogens (primary N) is 2. The van der Waals surface area contributed by atoms with Gasteiger partial charge in [-0.3, -0.25) is 4.79 Å². The van der Waals surface area contributed by atoms with Gasteiger partial charge in [0.2, 0.25) is 0 Å². The molecule has 0 radical (unpaired) electrons. The molecule has 5 N–H and O–H groups in total. The highest BCUT2D eigenvalue weighted by Crippen LogP contribution is 2.38. The molecular weight excluding hydrogens is 316 g/mol. The van der Waals surface area contributed by atoms with E-state index in [9.17, 15) is 9.90 Å². The molecule has 0 aliphatic carbocycles. The van der Waals surface area contributed by atoms with E-state index in [0.29, 0.717) is 16.8 Å². The second kappa shape index (κ2) is 5.17. The highest BCUT2D eigenvalue weighted by molar-refractivity contribution is 6.29. The molecule has 3 aromatic rings. The van der Waals surface area contributed by atoms with Gasteiger partial charge in [0.05, 0.1) is 5.69 Å². The summed E-state index contributed by atoms with van der Waals surface area (Å²) in [5, 5.41) is 10.2. The molecule has 0 aliphatic rings. The summed E-state index contributed by atoms with van der Waals surface area (Å²) in [6.07, 6.45) is 3.30. The number of nitrogen functional groups attached to an aromatic ring is 1. The van der Waals surface area contributed by atoms with Gasteiger partial charge in [-0.1, -0.05) is 17.7 Å². The van der Waals surface area contributed by atoms with Gasteiger partial charge in [-0.15, -0.1) is 0 Å². The largest absolute Gasteiger partial charge is 0.508 e. The third-order valence-electron chi connectivity index (χ3n) is 3.91. The molecule has 0 saturated heterocycles. The highest BCUT2D eigenvalue weighted by Gasteiger charge is 2.21. The fraction of sp³-hybridized carbons (Fsp3) is 0.125. The number of pyridine rings is 1. The number of imidazole rings is 1. The smallest absolute Gasteiger partial charge is 0.254 e. The van der Waals surface area contributed by atoms with Crippen molar-refractivity contribution in [2.75, 3.05) is 5.73 Å². The molecule has 23 heavy (non-hydrogen) atoms. The lowest BCUT2D eigenvalue weighted by Crippen LogP contribution is -2.16. The first-order valence-corrected chi connectivity index (χ1v) is 7.25. The molecule has 1 amide bonds. The fourth-order valence-corrected chi connectivity index (χ4v) is 2.99. The lowest BCUT2D eigenvalue weighted by atomic mass is 9.93. The number of amides is 1. The Morgan fingerprint density at radius 2 is 2.00 bits per heavy atom. The summed E-state index contributed by atoms with van der Waals surface area (Å²) >= 11 is 5.93. The minimum atomic E-state index is -0.688. The number of nitrogens with zero attached hydrogens (tertiary/aromatic N) is 2. The van der Waals surface area contributed by atoms with Crippen molar-refractivity contribution in [1.29, 1.82) is 0 Å². The maximum Gasteiger partial charge on any atom is 0.254 e. The van der Waals surface area contributed by atoms with Crippen molar-refractivity contribution in [3.8, 4) is 16.9 Å². The minimum Gasteiger partial charge on any atom is -0.508 e. The Bertz CT molecular complexity index is 963. The second-order valence-electron chi connectivity index (χ2n) is 5.39. The number of hydrogen-bond donors (Lipinski definition) is 3. The van der Waals surface area contributed by atoms with Crippen molar-refractivity contribution in [3.05, 3.63) is 46.4 Å². The Hall–Kier alpha value is -2.73. The van der Waals surface area contributed by atoms with E-state index in [1.54, 1.807) is 35.9 Å². The molecule has 0 aliphatic heterocycles. The van der Waals surface area contributed by atoms with Crippen molar-refractivity contribution in [1.82, 2.24) is 9.38 Å². The van der Waals surface area contributed by atoms with Crippen LogP contribution < -0.4 is 11.5 Å². The van der Waals surface area contributed by atoms with Crippen LogP contribution in [0.3, 0.4) is 0 Å². The van der Waals surface area contributed by atoms with Crippen molar-refractivity contribution < 1.29 is 9.90 Å². The van der Waals surface area contributed by atoms with E-state index in [4.69, 9.17) is 23.1 Å². The molecule has 7 heteroatoms. The molecular formula is C16H15ClN4O2. The van der Waals surface area contributed by atoms with E-state index >= 15 is 0 Å². The first kappa shape index (κ1) is 15.2. The number of carbonyl (C=O) groups is 1. The quantitative estimate of drug-likeness (QED) is 0.671. The number of aryl methyl sites for hydroxylation is 1. The average Bonchev–Trinajstić information content (AvgIpc) is 2.83. The third-order valence-corrected chi connectivity index (χ3v) is 4.10. The molecule has 3 rings (SSSR count). The van der Waals surface area contributed by atoms with Crippen molar-refractivity contribution in [3.63, 3.8) is 0 Å². The number of carbonyl (C=O) groups excluding carboxylic acids is 1. The number of aromatic nitrogens is 2. The number of benzene rings is 1. The first-order chi connectivity index (χ1) is 10.8. The van der Waals surface area contributed by atoms with E-state index in [2.05, 4.69) is 4.98 Å². The van der Waals surface area contributed by atoms with Gasteiger partial charge in [-0.05, 0) is 36.6 Å². The fourth-order valence-electron chi connectivity index (χ4n) is 2.80. The number of rotatable bonds is 2. The van der Waals surface area contributed by atoms with Crippen LogP contribution in [0.1, 0.15) is 21.5 Å². The summed E-state index contributed by atoms with van der Waals surface area (Å²) < 4.78 is 1.61. The zero-order chi connectivity index (χ0) is 16.9. The Balaban J connectivity index is 2.46. The maximum absolute atomic E-state index is 11.9. The summed E-state index contributed by atoms with van der Waals surface area (Å²) in [5.74, 6) is -0.540. The summed E-state index contributed by atoms with van der Waals surface area (Å²) in [5.41, 5.74) is 15.2. The first-order valence-electron chi connectivity index (χ1n) is 6.87. The summed E-state index contributed by atoms with van der Waals surface area (Å²) in [6, 6.07) is 3.40. The van der Waals surface area contributed by atoms with Gasteiger partial charge >= 0.3 is 0 Å². The van der Waals surface area contributed by atoms with Gasteiger partial charge in [0, 0.05) is 18.0 Å². The monoisotopic (exact) mass is 330 g/mol. The highest BCUT2D eigenvalue weighted by atomic mass is 35.5. The molecule has 0 fully saturated rings. The number of fused-ring (bicyclic) bond motifs is 1. The molecule has 0 unspecified atom stereocenters. The number of halogens is 1. The lowest BCUT2D eigenvalue weighted by Gasteiger charge is -2.16. The Kier molecular flexibility index (Phi) is 3.41. The van der Waals surface area contributed by atoms with Crippen LogP contribution in [0.25, 0.3) is 16.8 Å². The maximum atomic E-state index is 11.9. The van der Waals surface area contributed by atoms with Crippen LogP contribution in [0.4, 0.5) is 5.69 Å². The average molecular weight is 331 g/mol. The number of phenolic OH excluding ortho intramolecular Hbond substituents is 1. The molecule has 0 saturated carbocycles. The van der Waals surface area contributed by atoms with E-state index in [1.165, 1.54) is 0 Å². The standard InChI is InChI=1S/C16H15ClN4O2/c1-7-3-4-10(22)8(2)12(7)9-5-21-6-11(17)20-16(21)13(14(9)18)15(19)23/h3-6,22H,18H2,1-2H3,(H2,19,23).